The Bertz CT molecular complexity index is 273. The summed E-state index contributed by atoms with van der Waals surface area (Å²) in [7, 11) is 0. The molecule has 0 unspecified atom stereocenters. The largest absolute Gasteiger partial charge is 0.392 e. The SMILES string of the molecule is CC(C)c1c(Br)cncc1CO. The monoisotopic (exact) mass is 229 g/mol. The Morgan fingerprint density at radius 1 is 1.50 bits per heavy atom. The molecule has 0 saturated heterocycles. The maximum Gasteiger partial charge on any atom is 0.0700 e. The van der Waals surface area contributed by atoms with Gasteiger partial charge in [-0.2, -0.15) is 0 Å². The zero-order valence-electron chi connectivity index (χ0n) is 7.21. The Balaban J connectivity index is 3.20. The summed E-state index contributed by atoms with van der Waals surface area (Å²) in [6.45, 7) is 4.25. The highest BCUT2D eigenvalue weighted by Crippen LogP contribution is 2.26. The van der Waals surface area contributed by atoms with Crippen molar-refractivity contribution in [1.82, 2.24) is 4.98 Å². The van der Waals surface area contributed by atoms with Crippen LogP contribution in [0.4, 0.5) is 0 Å². The smallest absolute Gasteiger partial charge is 0.0700 e. The normalized spacial score (nSPS) is 10.8. The molecule has 0 spiro atoms. The van der Waals surface area contributed by atoms with E-state index in [9.17, 15) is 0 Å². The highest BCUT2D eigenvalue weighted by atomic mass is 79.9. The van der Waals surface area contributed by atoms with Gasteiger partial charge in [0.1, 0.15) is 0 Å². The van der Waals surface area contributed by atoms with Gasteiger partial charge in [0.2, 0.25) is 0 Å². The van der Waals surface area contributed by atoms with Gasteiger partial charge >= 0.3 is 0 Å². The number of pyridine rings is 1. The molecular weight excluding hydrogens is 218 g/mol. The molecule has 1 aromatic heterocycles. The lowest BCUT2D eigenvalue weighted by Crippen LogP contribution is -1.98. The maximum absolute atomic E-state index is 9.03. The molecule has 0 atom stereocenters. The van der Waals surface area contributed by atoms with Gasteiger partial charge in [-0.1, -0.05) is 13.8 Å². The van der Waals surface area contributed by atoms with Crippen LogP contribution < -0.4 is 0 Å². The molecule has 1 rings (SSSR count). The van der Waals surface area contributed by atoms with Crippen molar-refractivity contribution in [3.63, 3.8) is 0 Å². The number of aliphatic hydroxyl groups excluding tert-OH is 1. The summed E-state index contributed by atoms with van der Waals surface area (Å²) in [4.78, 5) is 3.99. The second kappa shape index (κ2) is 4.01. The molecule has 66 valence electrons. The summed E-state index contributed by atoms with van der Waals surface area (Å²) in [6, 6.07) is 0. The van der Waals surface area contributed by atoms with Crippen molar-refractivity contribution in [2.75, 3.05) is 0 Å². The average molecular weight is 230 g/mol. The van der Waals surface area contributed by atoms with Gasteiger partial charge in [-0.05, 0) is 27.4 Å². The quantitative estimate of drug-likeness (QED) is 0.846. The molecule has 0 fully saturated rings. The molecule has 3 heteroatoms. The molecule has 1 aromatic rings. The predicted molar refractivity (Wildman–Crippen MR) is 51.9 cm³/mol. The molecule has 1 heterocycles. The Labute approximate surface area is 80.8 Å². The molecule has 2 nitrogen and oxygen atoms in total. The van der Waals surface area contributed by atoms with Crippen LogP contribution in [0.15, 0.2) is 16.9 Å². The lowest BCUT2D eigenvalue weighted by Gasteiger charge is -2.11. The number of aromatic nitrogens is 1. The second-order valence-electron chi connectivity index (χ2n) is 3.01. The van der Waals surface area contributed by atoms with E-state index >= 15 is 0 Å². The van der Waals surface area contributed by atoms with Crippen molar-refractivity contribution in [3.05, 3.63) is 28.0 Å². The van der Waals surface area contributed by atoms with Gasteiger partial charge in [0.05, 0.1) is 6.61 Å². The average Bonchev–Trinajstić information content (AvgIpc) is 2.03. The predicted octanol–water partition coefficient (Wildman–Crippen LogP) is 2.46. The molecule has 0 aliphatic heterocycles. The number of hydrogen-bond donors (Lipinski definition) is 1. The molecule has 1 N–H and O–H groups in total. The van der Waals surface area contributed by atoms with Gasteiger partial charge in [0.25, 0.3) is 0 Å². The Hall–Kier alpha value is -0.410. The van der Waals surface area contributed by atoms with Gasteiger partial charge in [-0.25, -0.2) is 0 Å². The molecule has 0 aliphatic rings. The van der Waals surface area contributed by atoms with Crippen LogP contribution in [0.1, 0.15) is 30.9 Å². The summed E-state index contributed by atoms with van der Waals surface area (Å²) in [5.74, 6) is 0.407. The zero-order valence-corrected chi connectivity index (χ0v) is 8.80. The number of rotatable bonds is 2. The molecule has 0 amide bonds. The van der Waals surface area contributed by atoms with Crippen molar-refractivity contribution >= 4 is 15.9 Å². The standard InChI is InChI=1S/C9H12BrNO/c1-6(2)9-7(5-12)3-11-4-8(9)10/h3-4,6,12H,5H2,1-2H3. The number of nitrogens with zero attached hydrogens (tertiary/aromatic N) is 1. The summed E-state index contributed by atoms with van der Waals surface area (Å²) < 4.78 is 0.976. The third-order valence-corrected chi connectivity index (χ3v) is 2.40. The van der Waals surface area contributed by atoms with Crippen LogP contribution in [0.3, 0.4) is 0 Å². The van der Waals surface area contributed by atoms with E-state index in [1.807, 2.05) is 0 Å². The van der Waals surface area contributed by atoms with E-state index < -0.39 is 0 Å². The van der Waals surface area contributed by atoms with Crippen LogP contribution in [-0.4, -0.2) is 10.1 Å². The van der Waals surface area contributed by atoms with Gasteiger partial charge in [-0.15, -0.1) is 0 Å². The van der Waals surface area contributed by atoms with E-state index in [1.54, 1.807) is 12.4 Å². The van der Waals surface area contributed by atoms with Crippen LogP contribution in [0.5, 0.6) is 0 Å². The summed E-state index contributed by atoms with van der Waals surface area (Å²) >= 11 is 3.41. The number of aliphatic hydroxyl groups is 1. The minimum Gasteiger partial charge on any atom is -0.392 e. The first kappa shape index (κ1) is 9.68. The number of halogens is 1. The third kappa shape index (κ3) is 1.84. The fourth-order valence-corrected chi connectivity index (χ4v) is 2.09. The van der Waals surface area contributed by atoms with E-state index in [0.717, 1.165) is 15.6 Å². The molecule has 0 radical (unpaired) electrons. The van der Waals surface area contributed by atoms with E-state index in [0.29, 0.717) is 5.92 Å². The molecular formula is C9H12BrNO. The lowest BCUT2D eigenvalue weighted by atomic mass is 10.00. The van der Waals surface area contributed by atoms with Crippen LogP contribution in [0.2, 0.25) is 0 Å². The highest BCUT2D eigenvalue weighted by Gasteiger charge is 2.09. The topological polar surface area (TPSA) is 33.1 Å². The lowest BCUT2D eigenvalue weighted by molar-refractivity contribution is 0.279. The molecule has 12 heavy (non-hydrogen) atoms. The first-order chi connectivity index (χ1) is 5.66. The molecule has 0 aromatic carbocycles. The van der Waals surface area contributed by atoms with Crippen LogP contribution >= 0.6 is 15.9 Å². The van der Waals surface area contributed by atoms with Crippen LogP contribution in [0.25, 0.3) is 0 Å². The van der Waals surface area contributed by atoms with E-state index in [2.05, 4.69) is 34.8 Å². The summed E-state index contributed by atoms with van der Waals surface area (Å²) in [5, 5.41) is 9.03. The van der Waals surface area contributed by atoms with Crippen LogP contribution in [0, 0.1) is 0 Å². The van der Waals surface area contributed by atoms with Gasteiger partial charge < -0.3 is 5.11 Å². The van der Waals surface area contributed by atoms with Crippen molar-refractivity contribution in [2.24, 2.45) is 0 Å². The Kier molecular flexibility index (Phi) is 3.23. The van der Waals surface area contributed by atoms with Crippen molar-refractivity contribution in [3.8, 4) is 0 Å². The van der Waals surface area contributed by atoms with E-state index in [4.69, 9.17) is 5.11 Å². The second-order valence-corrected chi connectivity index (χ2v) is 3.86. The summed E-state index contributed by atoms with van der Waals surface area (Å²) in [5.41, 5.74) is 2.05. The Morgan fingerprint density at radius 2 is 2.17 bits per heavy atom. The number of hydrogen-bond acceptors (Lipinski definition) is 2. The Morgan fingerprint density at radius 3 is 2.58 bits per heavy atom. The molecule has 0 saturated carbocycles. The summed E-state index contributed by atoms with van der Waals surface area (Å²) in [6.07, 6.45) is 3.47. The van der Waals surface area contributed by atoms with E-state index in [-0.39, 0.29) is 6.61 Å². The third-order valence-electron chi connectivity index (χ3n) is 1.77. The van der Waals surface area contributed by atoms with E-state index in [1.165, 1.54) is 0 Å². The zero-order chi connectivity index (χ0) is 9.14. The molecule has 0 bridgehead atoms. The minimum atomic E-state index is 0.0555. The van der Waals surface area contributed by atoms with Crippen molar-refractivity contribution in [1.29, 1.82) is 0 Å². The fraction of sp³-hybridized carbons (Fsp3) is 0.444. The highest BCUT2D eigenvalue weighted by molar-refractivity contribution is 9.10. The minimum absolute atomic E-state index is 0.0555. The first-order valence-electron chi connectivity index (χ1n) is 3.90. The maximum atomic E-state index is 9.03. The van der Waals surface area contributed by atoms with Crippen molar-refractivity contribution in [2.45, 2.75) is 26.4 Å². The van der Waals surface area contributed by atoms with Gasteiger partial charge in [0.15, 0.2) is 0 Å². The first-order valence-corrected chi connectivity index (χ1v) is 4.69. The molecule has 0 aliphatic carbocycles. The van der Waals surface area contributed by atoms with Gasteiger partial charge in [-0.3, -0.25) is 4.98 Å². The van der Waals surface area contributed by atoms with Crippen LogP contribution in [-0.2, 0) is 6.61 Å². The van der Waals surface area contributed by atoms with Crippen molar-refractivity contribution < 1.29 is 5.11 Å². The van der Waals surface area contributed by atoms with Gasteiger partial charge in [0, 0.05) is 22.4 Å². The fourth-order valence-electron chi connectivity index (χ4n) is 1.26.